The number of hydrogen-bond donors (Lipinski definition) is 0. The molecule has 0 nitrogen and oxygen atoms in total. The summed E-state index contributed by atoms with van der Waals surface area (Å²) in [5, 5.41) is 3.49. The van der Waals surface area contributed by atoms with E-state index < -0.39 is 0 Å². The average molecular weight is 395 g/mol. The van der Waals surface area contributed by atoms with Crippen LogP contribution in [-0.2, 0) is 10.8 Å². The lowest BCUT2D eigenvalue weighted by molar-refractivity contribution is 0.639. The SMILES string of the molecule is CC1(C)c2cc3c(cc2-c2c(Cl)cccc21)-c1c(ccc2ccccc12)C3(C)C. The second-order valence-electron chi connectivity index (χ2n) is 9.57. The van der Waals surface area contributed by atoms with Gasteiger partial charge in [-0.1, -0.05) is 93.9 Å². The minimum absolute atomic E-state index is 0.0155. The molecule has 0 amide bonds. The molecular weight excluding hydrogens is 372 g/mol. The van der Waals surface area contributed by atoms with Gasteiger partial charge in [0.25, 0.3) is 0 Å². The van der Waals surface area contributed by atoms with E-state index in [1.54, 1.807) is 0 Å². The van der Waals surface area contributed by atoms with E-state index in [1.807, 2.05) is 6.07 Å². The molecule has 0 aliphatic heterocycles. The summed E-state index contributed by atoms with van der Waals surface area (Å²) in [6.07, 6.45) is 0. The van der Waals surface area contributed by atoms with E-state index >= 15 is 0 Å². The summed E-state index contributed by atoms with van der Waals surface area (Å²) in [6.45, 7) is 9.37. The van der Waals surface area contributed by atoms with Crippen molar-refractivity contribution in [1.29, 1.82) is 0 Å². The Balaban J connectivity index is 1.76. The standard InChI is InChI=1S/C28H23Cl/c1-27(2)20-10-7-11-24(29)26(20)19-14-18-22(15-23(19)27)28(3,4)21-13-12-16-8-5-6-9-17(16)25(18)21/h5-15H,1-4H3. The van der Waals surface area contributed by atoms with Crippen LogP contribution in [0.1, 0.15) is 49.9 Å². The fourth-order valence-corrected chi connectivity index (χ4v) is 6.02. The highest BCUT2D eigenvalue weighted by molar-refractivity contribution is 6.34. The van der Waals surface area contributed by atoms with E-state index in [2.05, 4.69) is 88.4 Å². The maximum atomic E-state index is 6.73. The zero-order chi connectivity index (χ0) is 20.1. The summed E-state index contributed by atoms with van der Waals surface area (Å²) in [7, 11) is 0. The molecule has 0 bridgehead atoms. The molecule has 0 fully saturated rings. The topological polar surface area (TPSA) is 0 Å². The molecule has 1 heteroatoms. The van der Waals surface area contributed by atoms with Crippen LogP contribution in [0.25, 0.3) is 33.0 Å². The lowest BCUT2D eigenvalue weighted by atomic mass is 9.77. The first-order valence-corrected chi connectivity index (χ1v) is 10.7. The number of halogens is 1. The maximum absolute atomic E-state index is 6.73. The van der Waals surface area contributed by atoms with Crippen LogP contribution in [0.5, 0.6) is 0 Å². The predicted octanol–water partition coefficient (Wildman–Crippen LogP) is 8.11. The van der Waals surface area contributed by atoms with Crippen LogP contribution in [0.3, 0.4) is 0 Å². The van der Waals surface area contributed by atoms with Crippen molar-refractivity contribution in [2.24, 2.45) is 0 Å². The fourth-order valence-electron chi connectivity index (χ4n) is 5.74. The van der Waals surface area contributed by atoms with Gasteiger partial charge in [0.2, 0.25) is 0 Å². The third-order valence-electron chi connectivity index (χ3n) is 7.33. The summed E-state index contributed by atoms with van der Waals surface area (Å²) in [5.41, 5.74) is 10.8. The monoisotopic (exact) mass is 394 g/mol. The van der Waals surface area contributed by atoms with E-state index in [0.717, 1.165) is 5.02 Å². The van der Waals surface area contributed by atoms with Crippen molar-refractivity contribution >= 4 is 22.4 Å². The van der Waals surface area contributed by atoms with Gasteiger partial charge in [-0.2, -0.15) is 0 Å². The predicted molar refractivity (Wildman–Crippen MR) is 124 cm³/mol. The molecule has 0 aromatic heterocycles. The molecule has 4 aromatic rings. The smallest absolute Gasteiger partial charge is 0.0487 e. The van der Waals surface area contributed by atoms with Crippen molar-refractivity contribution in [2.45, 2.75) is 38.5 Å². The molecule has 2 aliphatic carbocycles. The van der Waals surface area contributed by atoms with Crippen molar-refractivity contribution < 1.29 is 0 Å². The largest absolute Gasteiger partial charge is 0.0837 e. The number of benzene rings is 4. The quantitative estimate of drug-likeness (QED) is 0.282. The summed E-state index contributed by atoms with van der Waals surface area (Å²) in [6, 6.07) is 24.6. The van der Waals surface area contributed by atoms with Crippen LogP contribution in [-0.4, -0.2) is 0 Å². The van der Waals surface area contributed by atoms with E-state index in [9.17, 15) is 0 Å². The Morgan fingerprint density at radius 1 is 0.586 bits per heavy atom. The lowest BCUT2D eigenvalue weighted by Gasteiger charge is -2.25. The first kappa shape index (κ1) is 17.3. The third kappa shape index (κ3) is 2.01. The van der Waals surface area contributed by atoms with Crippen LogP contribution < -0.4 is 0 Å². The van der Waals surface area contributed by atoms with E-state index in [-0.39, 0.29) is 10.8 Å². The second kappa shape index (κ2) is 5.32. The van der Waals surface area contributed by atoms with Crippen molar-refractivity contribution in [3.05, 3.63) is 94.0 Å². The zero-order valence-corrected chi connectivity index (χ0v) is 18.0. The Kier molecular flexibility index (Phi) is 3.17. The molecule has 29 heavy (non-hydrogen) atoms. The summed E-state index contributed by atoms with van der Waals surface area (Å²) >= 11 is 6.73. The van der Waals surface area contributed by atoms with Crippen LogP contribution in [0.2, 0.25) is 5.02 Å². The maximum Gasteiger partial charge on any atom is 0.0487 e. The Bertz CT molecular complexity index is 1350. The highest BCUT2D eigenvalue weighted by Gasteiger charge is 2.42. The molecular formula is C28H23Cl. The molecule has 0 atom stereocenters. The number of hydrogen-bond acceptors (Lipinski definition) is 0. The molecule has 6 rings (SSSR count). The van der Waals surface area contributed by atoms with Gasteiger partial charge in [-0.05, 0) is 61.8 Å². The van der Waals surface area contributed by atoms with Crippen molar-refractivity contribution in [2.75, 3.05) is 0 Å². The average Bonchev–Trinajstić information content (AvgIpc) is 3.07. The number of fused-ring (bicyclic) bond motifs is 8. The molecule has 0 unspecified atom stereocenters. The molecule has 0 heterocycles. The van der Waals surface area contributed by atoms with Gasteiger partial charge in [-0.3, -0.25) is 0 Å². The normalized spacial score (nSPS) is 17.0. The molecule has 0 spiro atoms. The van der Waals surface area contributed by atoms with Gasteiger partial charge in [0.1, 0.15) is 0 Å². The van der Waals surface area contributed by atoms with E-state index in [1.165, 1.54) is 55.3 Å². The van der Waals surface area contributed by atoms with Crippen molar-refractivity contribution in [3.8, 4) is 22.3 Å². The summed E-state index contributed by atoms with van der Waals surface area (Å²) in [5.74, 6) is 0. The Morgan fingerprint density at radius 3 is 2.00 bits per heavy atom. The second-order valence-corrected chi connectivity index (χ2v) is 9.97. The van der Waals surface area contributed by atoms with Crippen LogP contribution in [0, 0.1) is 0 Å². The highest BCUT2D eigenvalue weighted by atomic mass is 35.5. The molecule has 4 aromatic carbocycles. The Morgan fingerprint density at radius 2 is 1.24 bits per heavy atom. The highest BCUT2D eigenvalue weighted by Crippen LogP contribution is 2.58. The van der Waals surface area contributed by atoms with Gasteiger partial charge in [0, 0.05) is 21.4 Å². The molecule has 0 saturated heterocycles. The van der Waals surface area contributed by atoms with Crippen molar-refractivity contribution in [3.63, 3.8) is 0 Å². The van der Waals surface area contributed by atoms with E-state index in [4.69, 9.17) is 11.6 Å². The molecule has 0 radical (unpaired) electrons. The molecule has 0 saturated carbocycles. The minimum atomic E-state index is -0.0441. The molecule has 142 valence electrons. The summed E-state index contributed by atoms with van der Waals surface area (Å²) in [4.78, 5) is 0. The number of rotatable bonds is 0. The van der Waals surface area contributed by atoms with Gasteiger partial charge >= 0.3 is 0 Å². The first-order valence-electron chi connectivity index (χ1n) is 10.3. The van der Waals surface area contributed by atoms with Gasteiger partial charge in [0.15, 0.2) is 0 Å². The molecule has 0 N–H and O–H groups in total. The van der Waals surface area contributed by atoms with Crippen LogP contribution >= 0.6 is 11.6 Å². The Labute approximate surface area is 177 Å². The van der Waals surface area contributed by atoms with E-state index in [0.29, 0.717) is 0 Å². The first-order chi connectivity index (χ1) is 13.8. The fraction of sp³-hybridized carbons (Fsp3) is 0.214. The zero-order valence-electron chi connectivity index (χ0n) is 17.2. The molecule has 2 aliphatic rings. The van der Waals surface area contributed by atoms with Gasteiger partial charge in [-0.15, -0.1) is 0 Å². The van der Waals surface area contributed by atoms with Gasteiger partial charge < -0.3 is 0 Å². The lowest BCUT2D eigenvalue weighted by Crippen LogP contribution is -2.18. The summed E-state index contributed by atoms with van der Waals surface area (Å²) < 4.78 is 0. The Hall–Kier alpha value is -2.57. The third-order valence-corrected chi connectivity index (χ3v) is 7.65. The van der Waals surface area contributed by atoms with Crippen LogP contribution in [0.4, 0.5) is 0 Å². The van der Waals surface area contributed by atoms with Crippen molar-refractivity contribution in [1.82, 2.24) is 0 Å². The minimum Gasteiger partial charge on any atom is -0.0837 e. The van der Waals surface area contributed by atoms with Gasteiger partial charge in [-0.25, -0.2) is 0 Å². The van der Waals surface area contributed by atoms with Gasteiger partial charge in [0.05, 0.1) is 0 Å². The van der Waals surface area contributed by atoms with Crippen LogP contribution in [0.15, 0.2) is 66.7 Å².